The highest BCUT2D eigenvalue weighted by molar-refractivity contribution is 5.95. The second kappa shape index (κ2) is 6.05. The quantitative estimate of drug-likeness (QED) is 0.889. The lowest BCUT2D eigenvalue weighted by Gasteiger charge is -2.16. The first-order valence-electron chi connectivity index (χ1n) is 7.26. The van der Waals surface area contributed by atoms with Gasteiger partial charge in [-0.3, -0.25) is 4.79 Å². The highest BCUT2D eigenvalue weighted by Crippen LogP contribution is 2.27. The summed E-state index contributed by atoms with van der Waals surface area (Å²) in [6.45, 7) is 4.58. The summed E-state index contributed by atoms with van der Waals surface area (Å²) in [7, 11) is 0. The Morgan fingerprint density at radius 3 is 3.10 bits per heavy atom. The summed E-state index contributed by atoms with van der Waals surface area (Å²) < 4.78 is 1.61. The van der Waals surface area contributed by atoms with Gasteiger partial charge in [0, 0.05) is 18.8 Å². The maximum Gasteiger partial charge on any atom is 0.248 e. The van der Waals surface area contributed by atoms with Gasteiger partial charge < -0.3 is 10.2 Å². The number of aromatic nitrogens is 3. The Morgan fingerprint density at radius 1 is 1.38 bits per heavy atom. The largest absolute Gasteiger partial charge is 0.311 e. The van der Waals surface area contributed by atoms with E-state index in [4.69, 9.17) is 0 Å². The molecular formula is C15H19N5O. The summed E-state index contributed by atoms with van der Waals surface area (Å²) in [5.41, 5.74) is 3.11. The standard InChI is InChI=1S/C15H19N5O/c1-2-16-9-13-10-19(18-17-13)11-15(21)20-8-7-12-5-3-4-6-14(12)20/h3-6,10,16H,2,7-9,11H2,1H3. The van der Waals surface area contributed by atoms with Gasteiger partial charge in [0.05, 0.1) is 11.9 Å². The molecule has 1 aliphatic heterocycles. The van der Waals surface area contributed by atoms with E-state index < -0.39 is 0 Å². The van der Waals surface area contributed by atoms with E-state index in [1.54, 1.807) is 4.68 Å². The first-order valence-corrected chi connectivity index (χ1v) is 7.26. The summed E-state index contributed by atoms with van der Waals surface area (Å²) in [4.78, 5) is 14.3. The molecule has 2 aromatic rings. The summed E-state index contributed by atoms with van der Waals surface area (Å²) in [6.07, 6.45) is 2.74. The van der Waals surface area contributed by atoms with E-state index in [0.29, 0.717) is 6.54 Å². The molecule has 1 aromatic heterocycles. The van der Waals surface area contributed by atoms with Gasteiger partial charge in [0.1, 0.15) is 6.54 Å². The van der Waals surface area contributed by atoms with Crippen LogP contribution in [0.15, 0.2) is 30.5 Å². The van der Waals surface area contributed by atoms with Crippen LogP contribution < -0.4 is 10.2 Å². The van der Waals surface area contributed by atoms with Crippen molar-refractivity contribution in [3.8, 4) is 0 Å². The number of amides is 1. The van der Waals surface area contributed by atoms with E-state index in [0.717, 1.165) is 30.9 Å². The van der Waals surface area contributed by atoms with Gasteiger partial charge in [-0.05, 0) is 24.6 Å². The smallest absolute Gasteiger partial charge is 0.248 e. The van der Waals surface area contributed by atoms with Crippen LogP contribution in [-0.4, -0.2) is 34.0 Å². The lowest BCUT2D eigenvalue weighted by Crippen LogP contribution is -2.32. The Hall–Kier alpha value is -2.21. The van der Waals surface area contributed by atoms with Crippen LogP contribution in [-0.2, 0) is 24.3 Å². The van der Waals surface area contributed by atoms with E-state index in [1.165, 1.54) is 5.56 Å². The molecule has 0 aliphatic carbocycles. The zero-order chi connectivity index (χ0) is 14.7. The molecule has 0 spiro atoms. The van der Waals surface area contributed by atoms with Gasteiger partial charge in [0.25, 0.3) is 0 Å². The second-order valence-corrected chi connectivity index (χ2v) is 5.11. The Kier molecular flexibility index (Phi) is 3.96. The highest BCUT2D eigenvalue weighted by Gasteiger charge is 2.24. The van der Waals surface area contributed by atoms with Gasteiger partial charge in [0.15, 0.2) is 0 Å². The molecule has 0 atom stereocenters. The molecule has 21 heavy (non-hydrogen) atoms. The number of anilines is 1. The van der Waals surface area contributed by atoms with Crippen molar-refractivity contribution in [1.29, 1.82) is 0 Å². The van der Waals surface area contributed by atoms with Gasteiger partial charge in [-0.2, -0.15) is 0 Å². The molecule has 0 bridgehead atoms. The number of rotatable bonds is 5. The van der Waals surface area contributed by atoms with Crippen molar-refractivity contribution in [2.45, 2.75) is 26.4 Å². The van der Waals surface area contributed by atoms with Gasteiger partial charge >= 0.3 is 0 Å². The average molecular weight is 285 g/mol. The van der Waals surface area contributed by atoms with Crippen LogP contribution in [0.25, 0.3) is 0 Å². The van der Waals surface area contributed by atoms with Crippen LogP contribution >= 0.6 is 0 Å². The SMILES string of the molecule is CCNCc1cn(CC(=O)N2CCc3ccccc32)nn1. The Morgan fingerprint density at radius 2 is 2.24 bits per heavy atom. The lowest BCUT2D eigenvalue weighted by atomic mass is 10.2. The molecule has 1 amide bonds. The maximum atomic E-state index is 12.4. The van der Waals surface area contributed by atoms with E-state index in [2.05, 4.69) is 21.7 Å². The van der Waals surface area contributed by atoms with Crippen molar-refractivity contribution in [3.05, 3.63) is 41.7 Å². The van der Waals surface area contributed by atoms with E-state index in [9.17, 15) is 4.79 Å². The van der Waals surface area contributed by atoms with Crippen LogP contribution in [0.4, 0.5) is 5.69 Å². The molecule has 1 N–H and O–H groups in total. The first kappa shape index (κ1) is 13.8. The molecule has 3 rings (SSSR count). The Balaban J connectivity index is 1.66. The lowest BCUT2D eigenvalue weighted by molar-refractivity contribution is -0.119. The van der Waals surface area contributed by atoms with Crippen molar-refractivity contribution in [3.63, 3.8) is 0 Å². The first-order chi connectivity index (χ1) is 10.3. The predicted octanol–water partition coefficient (Wildman–Crippen LogP) is 0.977. The summed E-state index contributed by atoms with van der Waals surface area (Å²) in [6, 6.07) is 8.05. The van der Waals surface area contributed by atoms with Gasteiger partial charge in [-0.1, -0.05) is 30.3 Å². The number of para-hydroxylation sites is 1. The summed E-state index contributed by atoms with van der Waals surface area (Å²) >= 11 is 0. The van der Waals surface area contributed by atoms with Gasteiger partial charge in [-0.15, -0.1) is 5.10 Å². The molecule has 0 fully saturated rings. The van der Waals surface area contributed by atoms with Crippen LogP contribution in [0.3, 0.4) is 0 Å². The fourth-order valence-corrected chi connectivity index (χ4v) is 2.57. The minimum absolute atomic E-state index is 0.0554. The van der Waals surface area contributed by atoms with Crippen LogP contribution in [0, 0.1) is 0 Å². The van der Waals surface area contributed by atoms with Crippen LogP contribution in [0.1, 0.15) is 18.2 Å². The van der Waals surface area contributed by atoms with Crippen LogP contribution in [0.2, 0.25) is 0 Å². The number of benzene rings is 1. The Labute approximate surface area is 123 Å². The number of fused-ring (bicyclic) bond motifs is 1. The number of hydrogen-bond donors (Lipinski definition) is 1. The van der Waals surface area contributed by atoms with Gasteiger partial charge in [0.2, 0.25) is 5.91 Å². The normalized spacial score (nSPS) is 13.5. The molecular weight excluding hydrogens is 266 g/mol. The zero-order valence-electron chi connectivity index (χ0n) is 12.1. The molecule has 0 unspecified atom stereocenters. The van der Waals surface area contributed by atoms with Crippen molar-refractivity contribution in [1.82, 2.24) is 20.3 Å². The molecule has 2 heterocycles. The molecule has 1 aromatic carbocycles. The molecule has 6 heteroatoms. The topological polar surface area (TPSA) is 63.1 Å². The number of nitrogens with zero attached hydrogens (tertiary/aromatic N) is 4. The fraction of sp³-hybridized carbons (Fsp3) is 0.400. The number of carbonyl (C=O) groups excluding carboxylic acids is 1. The monoisotopic (exact) mass is 285 g/mol. The number of nitrogens with one attached hydrogen (secondary N) is 1. The van der Waals surface area contributed by atoms with E-state index >= 15 is 0 Å². The summed E-state index contributed by atoms with van der Waals surface area (Å²) in [5, 5.41) is 11.3. The molecule has 0 saturated carbocycles. The third-order valence-electron chi connectivity index (χ3n) is 3.63. The maximum absolute atomic E-state index is 12.4. The van der Waals surface area contributed by atoms with Crippen molar-refractivity contribution in [2.75, 3.05) is 18.0 Å². The fourth-order valence-electron chi connectivity index (χ4n) is 2.57. The molecule has 6 nitrogen and oxygen atoms in total. The van der Waals surface area contributed by atoms with Crippen molar-refractivity contribution < 1.29 is 4.79 Å². The third kappa shape index (κ3) is 2.95. The molecule has 0 saturated heterocycles. The number of carbonyl (C=O) groups is 1. The van der Waals surface area contributed by atoms with Crippen molar-refractivity contribution in [2.24, 2.45) is 0 Å². The highest BCUT2D eigenvalue weighted by atomic mass is 16.2. The van der Waals surface area contributed by atoms with Crippen molar-refractivity contribution >= 4 is 11.6 Å². The molecule has 1 aliphatic rings. The van der Waals surface area contributed by atoms with E-state index in [1.807, 2.05) is 36.2 Å². The Bertz CT molecular complexity index is 636. The minimum Gasteiger partial charge on any atom is -0.311 e. The number of hydrogen-bond acceptors (Lipinski definition) is 4. The second-order valence-electron chi connectivity index (χ2n) is 5.11. The summed E-state index contributed by atoms with van der Waals surface area (Å²) in [5.74, 6) is 0.0554. The molecule has 0 radical (unpaired) electrons. The third-order valence-corrected chi connectivity index (χ3v) is 3.63. The van der Waals surface area contributed by atoms with E-state index in [-0.39, 0.29) is 12.5 Å². The average Bonchev–Trinajstić information content (AvgIpc) is 3.11. The predicted molar refractivity (Wildman–Crippen MR) is 79.9 cm³/mol. The van der Waals surface area contributed by atoms with Crippen LogP contribution in [0.5, 0.6) is 0 Å². The molecule has 110 valence electrons. The minimum atomic E-state index is 0.0554. The van der Waals surface area contributed by atoms with Gasteiger partial charge in [-0.25, -0.2) is 4.68 Å². The zero-order valence-corrected chi connectivity index (χ0v) is 12.1.